The van der Waals surface area contributed by atoms with E-state index in [1.165, 1.54) is 6.07 Å². The van der Waals surface area contributed by atoms with Gasteiger partial charge in [0.05, 0.1) is 0 Å². The van der Waals surface area contributed by atoms with Gasteiger partial charge >= 0.3 is 11.6 Å². The molecule has 1 aromatic carbocycles. The summed E-state index contributed by atoms with van der Waals surface area (Å²) in [6.45, 7) is 7.53. The molecule has 7 nitrogen and oxygen atoms in total. The highest BCUT2D eigenvalue weighted by atomic mass is 16.6. The SMILES string of the molecule is Cc1cc(OCC(=O)OCc2cc(=O)oc3cc(C)c(C(C)C)cc23)no1. The first-order valence-corrected chi connectivity index (χ1v) is 8.62. The molecule has 0 amide bonds. The fourth-order valence-corrected chi connectivity index (χ4v) is 2.88. The number of nitrogens with zero attached hydrogens (tertiary/aromatic N) is 1. The van der Waals surface area contributed by atoms with Crippen LogP contribution in [0.4, 0.5) is 0 Å². The van der Waals surface area contributed by atoms with Gasteiger partial charge in [-0.05, 0) is 48.2 Å². The molecule has 0 fully saturated rings. The second-order valence-corrected chi connectivity index (χ2v) is 6.68. The number of aromatic nitrogens is 1. The van der Waals surface area contributed by atoms with Crippen molar-refractivity contribution in [2.45, 2.75) is 40.2 Å². The summed E-state index contributed by atoms with van der Waals surface area (Å²) in [5.74, 6) is 0.536. The summed E-state index contributed by atoms with van der Waals surface area (Å²) in [6, 6.07) is 6.74. The fraction of sp³-hybridized carbons (Fsp3) is 0.350. The van der Waals surface area contributed by atoms with Gasteiger partial charge in [0.15, 0.2) is 6.61 Å². The number of hydrogen-bond acceptors (Lipinski definition) is 7. The third-order valence-corrected chi connectivity index (χ3v) is 4.17. The monoisotopic (exact) mass is 371 g/mol. The molecule has 0 atom stereocenters. The van der Waals surface area contributed by atoms with Crippen molar-refractivity contribution in [3.63, 3.8) is 0 Å². The van der Waals surface area contributed by atoms with E-state index in [2.05, 4.69) is 19.0 Å². The number of esters is 1. The molecular weight excluding hydrogens is 350 g/mol. The maximum atomic E-state index is 11.9. The first kappa shape index (κ1) is 18.7. The number of aryl methyl sites for hydroxylation is 2. The molecule has 3 aromatic rings. The molecule has 0 saturated carbocycles. The van der Waals surface area contributed by atoms with Crippen molar-refractivity contribution in [2.75, 3.05) is 6.61 Å². The summed E-state index contributed by atoms with van der Waals surface area (Å²) in [7, 11) is 0. The fourth-order valence-electron chi connectivity index (χ4n) is 2.88. The van der Waals surface area contributed by atoms with Crippen LogP contribution < -0.4 is 10.4 Å². The van der Waals surface area contributed by atoms with E-state index in [0.717, 1.165) is 16.5 Å². The van der Waals surface area contributed by atoms with Crippen molar-refractivity contribution in [2.24, 2.45) is 0 Å². The van der Waals surface area contributed by atoms with Crippen molar-refractivity contribution >= 4 is 16.9 Å². The van der Waals surface area contributed by atoms with Gasteiger partial charge in [0.2, 0.25) is 0 Å². The Balaban J connectivity index is 1.76. The van der Waals surface area contributed by atoms with Crippen LogP contribution in [0.2, 0.25) is 0 Å². The Morgan fingerprint density at radius 3 is 2.63 bits per heavy atom. The zero-order valence-electron chi connectivity index (χ0n) is 15.7. The minimum absolute atomic E-state index is 0.0528. The first-order chi connectivity index (χ1) is 12.8. The quantitative estimate of drug-likeness (QED) is 0.482. The zero-order valence-corrected chi connectivity index (χ0v) is 15.7. The second kappa shape index (κ2) is 7.65. The molecule has 142 valence electrons. The van der Waals surface area contributed by atoms with Gasteiger partial charge < -0.3 is 18.4 Å². The van der Waals surface area contributed by atoms with E-state index >= 15 is 0 Å². The third kappa shape index (κ3) is 4.36. The standard InChI is InChI=1S/C20H21NO6/c1-11(2)15-8-16-14(7-19(22)26-17(16)5-12(15)3)9-25-20(23)10-24-18-6-13(4)27-21-18/h5-8,11H,9-10H2,1-4H3. The number of benzene rings is 1. The predicted octanol–water partition coefficient (Wildman–Crippen LogP) is 3.64. The number of ether oxygens (including phenoxy) is 2. The van der Waals surface area contributed by atoms with E-state index in [9.17, 15) is 9.59 Å². The van der Waals surface area contributed by atoms with Crippen LogP contribution in [0.1, 0.15) is 42.2 Å². The lowest BCUT2D eigenvalue weighted by Crippen LogP contribution is -2.15. The molecule has 0 radical (unpaired) electrons. The lowest BCUT2D eigenvalue weighted by atomic mass is 9.95. The van der Waals surface area contributed by atoms with E-state index in [1.54, 1.807) is 13.0 Å². The Labute approximate surface area is 155 Å². The van der Waals surface area contributed by atoms with Gasteiger partial charge in [0, 0.05) is 23.1 Å². The Hall–Kier alpha value is -3.09. The summed E-state index contributed by atoms with van der Waals surface area (Å²) in [5.41, 5.74) is 2.78. The van der Waals surface area contributed by atoms with E-state index in [4.69, 9.17) is 18.4 Å². The number of fused-ring (bicyclic) bond motifs is 1. The molecule has 7 heteroatoms. The number of rotatable bonds is 6. The van der Waals surface area contributed by atoms with Gasteiger partial charge in [0.1, 0.15) is 18.0 Å². The van der Waals surface area contributed by atoms with Crippen molar-refractivity contribution in [1.82, 2.24) is 5.16 Å². The van der Waals surface area contributed by atoms with Crippen LogP contribution in [-0.4, -0.2) is 17.7 Å². The van der Waals surface area contributed by atoms with Crippen LogP contribution in [0.15, 0.2) is 38.0 Å². The molecular formula is C20H21NO6. The van der Waals surface area contributed by atoms with Gasteiger partial charge in [-0.15, -0.1) is 0 Å². The minimum Gasteiger partial charge on any atom is -0.463 e. The Morgan fingerprint density at radius 1 is 1.19 bits per heavy atom. The molecule has 0 aliphatic carbocycles. The predicted molar refractivity (Wildman–Crippen MR) is 97.8 cm³/mol. The molecule has 3 rings (SSSR count). The minimum atomic E-state index is -0.576. The molecule has 0 aliphatic heterocycles. The summed E-state index contributed by atoms with van der Waals surface area (Å²) >= 11 is 0. The summed E-state index contributed by atoms with van der Waals surface area (Å²) in [6.07, 6.45) is 0. The summed E-state index contributed by atoms with van der Waals surface area (Å²) in [4.78, 5) is 23.8. The van der Waals surface area contributed by atoms with E-state index in [-0.39, 0.29) is 19.1 Å². The molecule has 0 unspecified atom stereocenters. The lowest BCUT2D eigenvalue weighted by molar-refractivity contribution is -0.147. The normalized spacial score (nSPS) is 11.1. The topological polar surface area (TPSA) is 91.8 Å². The molecule has 0 N–H and O–H groups in total. The third-order valence-electron chi connectivity index (χ3n) is 4.17. The highest BCUT2D eigenvalue weighted by molar-refractivity contribution is 5.82. The van der Waals surface area contributed by atoms with Gasteiger partial charge in [0.25, 0.3) is 5.88 Å². The van der Waals surface area contributed by atoms with E-state index < -0.39 is 11.6 Å². The van der Waals surface area contributed by atoms with Gasteiger partial charge in [-0.1, -0.05) is 13.8 Å². The highest BCUT2D eigenvalue weighted by Crippen LogP contribution is 2.27. The maximum Gasteiger partial charge on any atom is 0.344 e. The van der Waals surface area contributed by atoms with Crippen molar-refractivity contribution < 1.29 is 23.2 Å². The smallest absolute Gasteiger partial charge is 0.344 e. The van der Waals surface area contributed by atoms with Crippen LogP contribution in [0.3, 0.4) is 0 Å². The molecule has 2 heterocycles. The summed E-state index contributed by atoms with van der Waals surface area (Å²) < 4.78 is 20.6. The van der Waals surface area contributed by atoms with Crippen LogP contribution >= 0.6 is 0 Å². The van der Waals surface area contributed by atoms with Crippen molar-refractivity contribution in [3.8, 4) is 5.88 Å². The molecule has 27 heavy (non-hydrogen) atoms. The Bertz CT molecular complexity index is 1030. The van der Waals surface area contributed by atoms with Crippen molar-refractivity contribution in [3.05, 3.63) is 57.1 Å². The molecule has 0 saturated heterocycles. The average molecular weight is 371 g/mol. The summed E-state index contributed by atoms with van der Waals surface area (Å²) in [5, 5.41) is 4.39. The Morgan fingerprint density at radius 2 is 1.96 bits per heavy atom. The van der Waals surface area contributed by atoms with E-state index in [1.807, 2.05) is 19.1 Å². The van der Waals surface area contributed by atoms with Crippen LogP contribution in [0.5, 0.6) is 5.88 Å². The van der Waals surface area contributed by atoms with Gasteiger partial charge in [-0.25, -0.2) is 9.59 Å². The van der Waals surface area contributed by atoms with Crippen LogP contribution in [0, 0.1) is 13.8 Å². The van der Waals surface area contributed by atoms with Crippen LogP contribution in [0.25, 0.3) is 11.0 Å². The molecule has 2 aromatic heterocycles. The van der Waals surface area contributed by atoms with E-state index in [0.29, 0.717) is 22.8 Å². The number of hydrogen-bond donors (Lipinski definition) is 0. The van der Waals surface area contributed by atoms with Crippen molar-refractivity contribution in [1.29, 1.82) is 0 Å². The number of carbonyl (C=O) groups is 1. The van der Waals surface area contributed by atoms with Gasteiger partial charge in [-0.2, -0.15) is 0 Å². The molecule has 0 spiro atoms. The average Bonchev–Trinajstić information content (AvgIpc) is 3.02. The molecule has 0 aliphatic rings. The Kier molecular flexibility index (Phi) is 5.30. The largest absolute Gasteiger partial charge is 0.463 e. The lowest BCUT2D eigenvalue weighted by Gasteiger charge is -2.13. The first-order valence-electron chi connectivity index (χ1n) is 8.62. The number of carbonyl (C=O) groups excluding carboxylic acids is 1. The zero-order chi connectivity index (χ0) is 19.6. The molecule has 0 bridgehead atoms. The highest BCUT2D eigenvalue weighted by Gasteiger charge is 2.13. The van der Waals surface area contributed by atoms with Crippen LogP contribution in [-0.2, 0) is 16.1 Å². The second-order valence-electron chi connectivity index (χ2n) is 6.68. The van der Waals surface area contributed by atoms with Gasteiger partial charge in [-0.3, -0.25) is 0 Å². The maximum absolute atomic E-state index is 11.9.